The van der Waals surface area contributed by atoms with E-state index < -0.39 is 69.2 Å². The fourth-order valence-electron chi connectivity index (χ4n) is 4.37. The van der Waals surface area contributed by atoms with Crippen LogP contribution in [-0.2, 0) is 23.1 Å². The summed E-state index contributed by atoms with van der Waals surface area (Å²) in [6.45, 7) is -1.11. The lowest BCUT2D eigenvalue weighted by Gasteiger charge is -2.22. The second kappa shape index (κ2) is 10.7. The number of hydrogen-bond acceptors (Lipinski definition) is 14. The van der Waals surface area contributed by atoms with Crippen molar-refractivity contribution in [2.45, 2.75) is 49.7 Å². The first-order valence-corrected chi connectivity index (χ1v) is 13.8. The van der Waals surface area contributed by atoms with Gasteiger partial charge < -0.3 is 36.0 Å². The monoisotopic (exact) mass is 634 g/mol. The first kappa shape index (κ1) is 27.8. The highest BCUT2D eigenvalue weighted by molar-refractivity contribution is 9.10. The molecule has 39 heavy (non-hydrogen) atoms. The molecule has 0 amide bonds. The van der Waals surface area contributed by atoms with Crippen molar-refractivity contribution >= 4 is 46.7 Å². The van der Waals surface area contributed by atoms with Crippen LogP contribution < -0.4 is 22.7 Å². The lowest BCUT2D eigenvalue weighted by molar-refractivity contribution is -0.0566. The van der Waals surface area contributed by atoms with Crippen LogP contribution in [0.1, 0.15) is 25.3 Å². The topological polar surface area (TPSA) is 265 Å². The number of H-pyrrole nitrogens is 1. The van der Waals surface area contributed by atoms with E-state index in [2.05, 4.69) is 35.9 Å². The predicted octanol–water partition coefficient (Wildman–Crippen LogP) is -1.27. The molecule has 0 radical (unpaired) electrons. The number of phosphoric acid groups is 1. The van der Waals surface area contributed by atoms with E-state index in [0.717, 1.165) is 4.57 Å². The number of aromatic amines is 1. The Morgan fingerprint density at radius 3 is 2.64 bits per heavy atom. The number of halogens is 1. The SMILES string of the molecule is Nc1nc2c(ncn2[C@H]2C[C@H](OP(=O)(O)OCC3O[C@@H](n4cc(Br)c(N)nc4=O)C[C@@H]3O)[C@@H](CO)O2)c(=O)[nH]1. The van der Waals surface area contributed by atoms with E-state index >= 15 is 0 Å². The van der Waals surface area contributed by atoms with Gasteiger partial charge in [-0.15, -0.1) is 0 Å². The molecule has 8 N–H and O–H groups in total. The third kappa shape index (κ3) is 5.63. The molecule has 5 heterocycles. The van der Waals surface area contributed by atoms with Crippen molar-refractivity contribution in [3.63, 3.8) is 0 Å². The molecular formula is C19H24BrN8O10P. The molecule has 3 aromatic rings. The molecule has 7 atom stereocenters. The minimum atomic E-state index is -4.76. The summed E-state index contributed by atoms with van der Waals surface area (Å²) in [5, 5.41) is 20.1. The van der Waals surface area contributed by atoms with Gasteiger partial charge in [0.1, 0.15) is 36.6 Å². The van der Waals surface area contributed by atoms with Crippen molar-refractivity contribution in [1.82, 2.24) is 29.1 Å². The molecule has 2 aliphatic rings. The molecule has 3 aromatic heterocycles. The summed E-state index contributed by atoms with van der Waals surface area (Å²) < 4.78 is 37.3. The van der Waals surface area contributed by atoms with Gasteiger partial charge in [0.05, 0.1) is 30.1 Å². The summed E-state index contributed by atoms with van der Waals surface area (Å²) in [6.07, 6.45) is -3.54. The summed E-state index contributed by atoms with van der Waals surface area (Å²) in [7, 11) is -4.76. The van der Waals surface area contributed by atoms with Crippen molar-refractivity contribution < 1.29 is 38.2 Å². The van der Waals surface area contributed by atoms with Crippen molar-refractivity contribution in [2.24, 2.45) is 0 Å². The number of rotatable bonds is 8. The van der Waals surface area contributed by atoms with Crippen LogP contribution in [-0.4, -0.2) is 81.8 Å². The molecular weight excluding hydrogens is 611 g/mol. The minimum Gasteiger partial charge on any atom is -0.394 e. The molecule has 212 valence electrons. The maximum absolute atomic E-state index is 12.7. The van der Waals surface area contributed by atoms with Gasteiger partial charge in [0.15, 0.2) is 11.2 Å². The second-order valence-electron chi connectivity index (χ2n) is 8.83. The fourth-order valence-corrected chi connectivity index (χ4v) is 5.64. The molecule has 0 aromatic carbocycles. The zero-order chi connectivity index (χ0) is 28.1. The number of fused-ring (bicyclic) bond motifs is 1. The number of anilines is 2. The summed E-state index contributed by atoms with van der Waals surface area (Å²) >= 11 is 3.17. The highest BCUT2D eigenvalue weighted by Crippen LogP contribution is 2.49. The molecule has 2 fully saturated rings. The van der Waals surface area contributed by atoms with Crippen LogP contribution in [0.2, 0.25) is 0 Å². The quantitative estimate of drug-likeness (QED) is 0.158. The third-order valence-electron chi connectivity index (χ3n) is 6.24. The molecule has 2 aliphatic heterocycles. The maximum Gasteiger partial charge on any atom is 0.472 e. The van der Waals surface area contributed by atoms with Gasteiger partial charge >= 0.3 is 13.5 Å². The van der Waals surface area contributed by atoms with E-state index in [1.807, 2.05) is 0 Å². The zero-order valence-electron chi connectivity index (χ0n) is 19.9. The first-order valence-electron chi connectivity index (χ1n) is 11.5. The lowest BCUT2D eigenvalue weighted by Crippen LogP contribution is -2.29. The van der Waals surface area contributed by atoms with Crippen LogP contribution in [0.5, 0.6) is 0 Å². The zero-order valence-corrected chi connectivity index (χ0v) is 22.3. The van der Waals surface area contributed by atoms with Crippen LogP contribution in [0, 0.1) is 0 Å². The number of imidazole rings is 1. The minimum absolute atomic E-state index is 0.00618. The highest BCUT2D eigenvalue weighted by Gasteiger charge is 2.43. The maximum atomic E-state index is 12.7. The predicted molar refractivity (Wildman–Crippen MR) is 134 cm³/mol. The Bertz CT molecular complexity index is 1550. The highest BCUT2D eigenvalue weighted by atomic mass is 79.9. The van der Waals surface area contributed by atoms with Gasteiger partial charge in [0, 0.05) is 19.0 Å². The average Bonchev–Trinajstić information content (AvgIpc) is 3.56. The fraction of sp³-hybridized carbons (Fsp3) is 0.526. The Hall–Kier alpha value is -2.74. The van der Waals surface area contributed by atoms with Crippen LogP contribution in [0.4, 0.5) is 11.8 Å². The second-order valence-corrected chi connectivity index (χ2v) is 11.1. The Kier molecular flexibility index (Phi) is 7.61. The number of nitrogens with two attached hydrogens (primary N) is 2. The third-order valence-corrected chi connectivity index (χ3v) is 7.86. The van der Waals surface area contributed by atoms with E-state index in [-0.39, 0.29) is 35.8 Å². The Balaban J connectivity index is 1.23. The van der Waals surface area contributed by atoms with Gasteiger partial charge in [0.2, 0.25) is 5.95 Å². The van der Waals surface area contributed by atoms with E-state index in [1.165, 1.54) is 17.1 Å². The van der Waals surface area contributed by atoms with E-state index in [0.29, 0.717) is 4.47 Å². The van der Waals surface area contributed by atoms with Crippen LogP contribution in [0.25, 0.3) is 11.2 Å². The normalized spacial score (nSPS) is 28.7. The summed E-state index contributed by atoms with van der Waals surface area (Å²) in [6, 6.07) is 0. The number of phosphoric ester groups is 1. The van der Waals surface area contributed by atoms with Crippen LogP contribution >= 0.6 is 23.8 Å². The summed E-state index contributed by atoms with van der Waals surface area (Å²) in [4.78, 5) is 48.6. The number of nitrogens with one attached hydrogen (secondary N) is 1. The summed E-state index contributed by atoms with van der Waals surface area (Å²) in [5.74, 6) is -0.154. The molecule has 18 nitrogen and oxygen atoms in total. The van der Waals surface area contributed by atoms with Crippen LogP contribution in [0.15, 0.2) is 26.6 Å². The number of hydrogen-bond donors (Lipinski definition) is 6. The average molecular weight is 635 g/mol. The van der Waals surface area contributed by atoms with Crippen molar-refractivity contribution in [2.75, 3.05) is 24.7 Å². The number of aliphatic hydroxyl groups is 2. The van der Waals surface area contributed by atoms with Crippen molar-refractivity contribution in [3.8, 4) is 0 Å². The van der Waals surface area contributed by atoms with Gasteiger partial charge in [-0.25, -0.2) is 14.3 Å². The largest absolute Gasteiger partial charge is 0.472 e. The molecule has 0 saturated carbocycles. The number of aromatic nitrogens is 6. The Labute approximate surface area is 226 Å². The molecule has 5 rings (SSSR count). The van der Waals surface area contributed by atoms with Gasteiger partial charge in [-0.2, -0.15) is 9.97 Å². The van der Waals surface area contributed by atoms with Crippen LogP contribution in [0.3, 0.4) is 0 Å². The van der Waals surface area contributed by atoms with Crippen molar-refractivity contribution in [3.05, 3.63) is 37.8 Å². The van der Waals surface area contributed by atoms with E-state index in [4.69, 9.17) is 30.0 Å². The molecule has 2 unspecified atom stereocenters. The number of nitrogens with zero attached hydrogens (tertiary/aromatic N) is 5. The smallest absolute Gasteiger partial charge is 0.394 e. The van der Waals surface area contributed by atoms with Gasteiger partial charge in [-0.1, -0.05) is 0 Å². The number of nitrogen functional groups attached to an aromatic ring is 2. The van der Waals surface area contributed by atoms with Gasteiger partial charge in [0.25, 0.3) is 5.56 Å². The Morgan fingerprint density at radius 1 is 1.18 bits per heavy atom. The molecule has 20 heteroatoms. The molecule has 0 spiro atoms. The summed E-state index contributed by atoms with van der Waals surface area (Å²) in [5.41, 5.74) is 10.1. The lowest BCUT2D eigenvalue weighted by atomic mass is 10.2. The van der Waals surface area contributed by atoms with Gasteiger partial charge in [-0.3, -0.25) is 28.0 Å². The van der Waals surface area contributed by atoms with Crippen molar-refractivity contribution in [1.29, 1.82) is 0 Å². The Morgan fingerprint density at radius 2 is 1.90 bits per heavy atom. The van der Waals surface area contributed by atoms with E-state index in [9.17, 15) is 29.3 Å². The van der Waals surface area contributed by atoms with Gasteiger partial charge in [-0.05, 0) is 15.9 Å². The molecule has 0 bridgehead atoms. The molecule has 2 saturated heterocycles. The standard InChI is InChI=1S/C19H24BrN8O10P/c20-7-3-27(19(32)24-15(7)21)12-1-8(30)11(37-12)5-35-39(33,34)38-9-2-13(36-10(9)4-29)28-6-23-14-16(28)25-18(22)26-17(14)31/h3,6,8-13,29-30H,1-2,4-5H2,(H,33,34)(H2,21,24,32)(H3,22,25,26,31)/t8-,9-,10+,11?,12+,13+/m0/s1. The number of aliphatic hydroxyl groups excluding tert-OH is 2. The van der Waals surface area contributed by atoms with E-state index in [1.54, 1.807) is 0 Å². The first-order chi connectivity index (χ1) is 18.5. The number of ether oxygens (including phenoxy) is 2. The molecule has 0 aliphatic carbocycles.